The first-order valence-corrected chi connectivity index (χ1v) is 6.20. The van der Waals surface area contributed by atoms with E-state index >= 15 is 0 Å². The Morgan fingerprint density at radius 1 is 1.45 bits per heavy atom. The van der Waals surface area contributed by atoms with Crippen molar-refractivity contribution in [3.63, 3.8) is 0 Å². The highest BCUT2D eigenvalue weighted by molar-refractivity contribution is 6.29. The third-order valence-electron chi connectivity index (χ3n) is 3.04. The van der Waals surface area contributed by atoms with Crippen molar-refractivity contribution in [1.82, 2.24) is 14.6 Å². The van der Waals surface area contributed by atoms with Crippen LogP contribution in [0.4, 0.5) is 0 Å². The van der Waals surface area contributed by atoms with Crippen LogP contribution in [0.1, 0.15) is 29.1 Å². The Morgan fingerprint density at radius 2 is 2.15 bits per heavy atom. The summed E-state index contributed by atoms with van der Waals surface area (Å²) in [4.78, 5) is 15.4. The molecule has 20 heavy (non-hydrogen) atoms. The smallest absolute Gasteiger partial charge is 0.339 e. The first kappa shape index (κ1) is 14.7. The summed E-state index contributed by atoms with van der Waals surface area (Å²) < 4.78 is 12.0. The highest BCUT2D eigenvalue weighted by Gasteiger charge is 2.28. The maximum atomic E-state index is 11.4. The van der Waals surface area contributed by atoms with Gasteiger partial charge in [0, 0.05) is 26.5 Å². The summed E-state index contributed by atoms with van der Waals surface area (Å²) >= 11 is 5.86. The second-order valence-corrected chi connectivity index (χ2v) is 4.58. The minimum Gasteiger partial charge on any atom is -0.478 e. The third-order valence-corrected chi connectivity index (χ3v) is 3.23. The molecule has 0 saturated heterocycles. The van der Waals surface area contributed by atoms with Crippen LogP contribution in [0.25, 0.3) is 5.65 Å². The van der Waals surface area contributed by atoms with E-state index in [0.717, 1.165) is 0 Å². The number of carboxylic acids is 1. The lowest BCUT2D eigenvalue weighted by molar-refractivity contribution is -0.0314. The maximum Gasteiger partial charge on any atom is 0.339 e. The van der Waals surface area contributed by atoms with E-state index in [-0.39, 0.29) is 16.8 Å². The van der Waals surface area contributed by atoms with Crippen molar-refractivity contribution < 1.29 is 19.4 Å². The average molecular weight is 300 g/mol. The summed E-state index contributed by atoms with van der Waals surface area (Å²) in [6.07, 6.45) is 0.276. The van der Waals surface area contributed by atoms with Gasteiger partial charge in [-0.2, -0.15) is 5.10 Å². The van der Waals surface area contributed by atoms with Crippen LogP contribution in [0.3, 0.4) is 0 Å². The fourth-order valence-electron chi connectivity index (χ4n) is 2.01. The van der Waals surface area contributed by atoms with Crippen LogP contribution in [0, 0.1) is 0 Å². The average Bonchev–Trinajstić information content (AvgIpc) is 2.79. The molecule has 0 aliphatic carbocycles. The van der Waals surface area contributed by atoms with Gasteiger partial charge in [0.05, 0.1) is 11.8 Å². The predicted octanol–water partition coefficient (Wildman–Crippen LogP) is 1.80. The molecule has 0 fully saturated rings. The molecular weight excluding hydrogens is 286 g/mol. The molecule has 2 rings (SSSR count). The normalized spacial score (nSPS) is 14.4. The van der Waals surface area contributed by atoms with E-state index in [1.54, 1.807) is 13.0 Å². The minimum atomic E-state index is -1.12. The largest absolute Gasteiger partial charge is 0.478 e. The summed E-state index contributed by atoms with van der Waals surface area (Å²) in [5.74, 6) is -1.12. The van der Waals surface area contributed by atoms with Crippen LogP contribution in [-0.2, 0) is 9.47 Å². The summed E-state index contributed by atoms with van der Waals surface area (Å²) in [7, 11) is 2.99. The molecular formula is C12H14ClN3O4. The van der Waals surface area contributed by atoms with Gasteiger partial charge in [0.1, 0.15) is 11.7 Å². The van der Waals surface area contributed by atoms with Crippen LogP contribution < -0.4 is 0 Å². The number of carbonyl (C=O) groups is 1. The maximum absolute atomic E-state index is 11.4. The summed E-state index contributed by atoms with van der Waals surface area (Å²) in [6, 6.07) is 1.54. The Kier molecular flexibility index (Phi) is 4.22. The molecule has 7 nitrogen and oxygen atoms in total. The Hall–Kier alpha value is -1.70. The second-order valence-electron chi connectivity index (χ2n) is 4.20. The Labute approximate surface area is 120 Å². The number of aromatic carboxylic acids is 1. The third kappa shape index (κ3) is 2.47. The van der Waals surface area contributed by atoms with Gasteiger partial charge < -0.3 is 14.6 Å². The molecule has 2 aromatic heterocycles. The molecule has 0 amide bonds. The highest BCUT2D eigenvalue weighted by Crippen LogP contribution is 2.27. The van der Waals surface area contributed by atoms with Crippen molar-refractivity contribution in [2.45, 2.75) is 19.1 Å². The van der Waals surface area contributed by atoms with Crippen molar-refractivity contribution in [3.05, 3.63) is 28.7 Å². The van der Waals surface area contributed by atoms with Crippen molar-refractivity contribution >= 4 is 23.2 Å². The van der Waals surface area contributed by atoms with E-state index in [1.165, 1.54) is 24.9 Å². The fourth-order valence-corrected chi connectivity index (χ4v) is 2.18. The van der Waals surface area contributed by atoms with Crippen molar-refractivity contribution in [3.8, 4) is 0 Å². The SMILES string of the molecule is CO[C@@H](C)[C@H](OC)c1c(C(=O)O)cnc2cc(Cl)nn12. The van der Waals surface area contributed by atoms with Gasteiger partial charge in [-0.05, 0) is 6.92 Å². The van der Waals surface area contributed by atoms with E-state index < -0.39 is 12.1 Å². The number of hydrogen-bond donors (Lipinski definition) is 1. The second kappa shape index (κ2) is 5.74. The van der Waals surface area contributed by atoms with E-state index in [1.807, 2.05) is 0 Å². The molecule has 0 aromatic carbocycles. The zero-order valence-electron chi connectivity index (χ0n) is 11.2. The summed E-state index contributed by atoms with van der Waals surface area (Å²) in [5.41, 5.74) is 0.777. The number of nitrogens with zero attached hydrogens (tertiary/aromatic N) is 3. The molecule has 0 aliphatic heterocycles. The van der Waals surface area contributed by atoms with Gasteiger partial charge in [-0.15, -0.1) is 0 Å². The van der Waals surface area contributed by atoms with Gasteiger partial charge in [-0.1, -0.05) is 11.6 Å². The molecule has 0 bridgehead atoms. The molecule has 0 radical (unpaired) electrons. The van der Waals surface area contributed by atoms with Crippen LogP contribution in [-0.4, -0.2) is 46.0 Å². The zero-order valence-corrected chi connectivity index (χ0v) is 12.0. The first-order chi connectivity index (χ1) is 9.49. The minimum absolute atomic E-state index is 0.00647. The Balaban J connectivity index is 2.74. The Bertz CT molecular complexity index is 643. The van der Waals surface area contributed by atoms with E-state index in [0.29, 0.717) is 11.3 Å². The number of ether oxygens (including phenoxy) is 2. The van der Waals surface area contributed by atoms with Crippen LogP contribution >= 0.6 is 11.6 Å². The van der Waals surface area contributed by atoms with Crippen LogP contribution in [0.5, 0.6) is 0 Å². The summed E-state index contributed by atoms with van der Waals surface area (Å²) in [6.45, 7) is 1.77. The lowest BCUT2D eigenvalue weighted by Crippen LogP contribution is -2.25. The van der Waals surface area contributed by atoms with Gasteiger partial charge in [0.25, 0.3) is 0 Å². The fraction of sp³-hybridized carbons (Fsp3) is 0.417. The lowest BCUT2D eigenvalue weighted by atomic mass is 10.1. The molecule has 0 aliphatic rings. The number of hydrogen-bond acceptors (Lipinski definition) is 5. The Morgan fingerprint density at radius 3 is 2.70 bits per heavy atom. The van der Waals surface area contributed by atoms with Gasteiger partial charge in [0.15, 0.2) is 10.8 Å². The highest BCUT2D eigenvalue weighted by atomic mass is 35.5. The number of methoxy groups -OCH3 is 2. The van der Waals surface area contributed by atoms with Crippen molar-refractivity contribution in [1.29, 1.82) is 0 Å². The molecule has 8 heteroatoms. The monoisotopic (exact) mass is 299 g/mol. The molecule has 0 saturated carbocycles. The molecule has 2 atom stereocenters. The lowest BCUT2D eigenvalue weighted by Gasteiger charge is -2.23. The molecule has 108 valence electrons. The van der Waals surface area contributed by atoms with E-state index in [4.69, 9.17) is 21.1 Å². The molecule has 0 spiro atoms. The number of fused-ring (bicyclic) bond motifs is 1. The van der Waals surface area contributed by atoms with Gasteiger partial charge in [-0.3, -0.25) is 0 Å². The summed E-state index contributed by atoms with van der Waals surface area (Å²) in [5, 5.41) is 13.6. The van der Waals surface area contributed by atoms with Crippen molar-refractivity contribution in [2.24, 2.45) is 0 Å². The van der Waals surface area contributed by atoms with Crippen molar-refractivity contribution in [2.75, 3.05) is 14.2 Å². The van der Waals surface area contributed by atoms with Crippen LogP contribution in [0.15, 0.2) is 12.3 Å². The van der Waals surface area contributed by atoms with E-state index in [9.17, 15) is 9.90 Å². The zero-order chi connectivity index (χ0) is 14.9. The van der Waals surface area contributed by atoms with E-state index in [2.05, 4.69) is 10.1 Å². The number of aromatic nitrogens is 3. The number of halogens is 1. The molecule has 2 aromatic rings. The predicted molar refractivity (Wildman–Crippen MR) is 71.2 cm³/mol. The standard InChI is InChI=1S/C12H14ClN3O4/c1-6(19-2)11(20-3)10-7(12(17)18)5-14-9-4-8(13)15-16(9)10/h4-6,11H,1-3H3,(H,17,18)/t6-,11-/m0/s1. The van der Waals surface area contributed by atoms with Gasteiger partial charge in [0.2, 0.25) is 0 Å². The van der Waals surface area contributed by atoms with Gasteiger partial charge in [-0.25, -0.2) is 14.3 Å². The quantitative estimate of drug-likeness (QED) is 0.906. The molecule has 0 unspecified atom stereocenters. The topological polar surface area (TPSA) is 86.0 Å². The molecule has 1 N–H and O–H groups in total. The first-order valence-electron chi connectivity index (χ1n) is 5.82. The van der Waals surface area contributed by atoms with Crippen LogP contribution in [0.2, 0.25) is 5.15 Å². The number of carboxylic acid groups (broad SMARTS) is 1. The molecule has 2 heterocycles. The van der Waals surface area contributed by atoms with Gasteiger partial charge >= 0.3 is 5.97 Å². The number of rotatable bonds is 5.